The van der Waals surface area contributed by atoms with Crippen LogP contribution in [0, 0.1) is 20.8 Å². The quantitative estimate of drug-likeness (QED) is 0.707. The van der Waals surface area contributed by atoms with Crippen molar-refractivity contribution in [2.75, 3.05) is 24.4 Å². The van der Waals surface area contributed by atoms with Crippen LogP contribution >= 0.6 is 11.6 Å². The molecule has 0 aliphatic heterocycles. The summed E-state index contributed by atoms with van der Waals surface area (Å²) in [6.07, 6.45) is 1.03. The lowest BCUT2D eigenvalue weighted by Gasteiger charge is -2.22. The molecule has 0 aliphatic rings. The van der Waals surface area contributed by atoms with Gasteiger partial charge in [0.15, 0.2) is 0 Å². The molecule has 15 heavy (non-hydrogen) atoms. The van der Waals surface area contributed by atoms with Crippen molar-refractivity contribution < 1.29 is 0 Å². The lowest BCUT2D eigenvalue weighted by Crippen LogP contribution is -2.20. The highest BCUT2D eigenvalue weighted by molar-refractivity contribution is 6.17. The van der Waals surface area contributed by atoms with Crippen LogP contribution in [0.25, 0.3) is 0 Å². The molecule has 0 radical (unpaired) electrons. The molecule has 0 spiro atoms. The van der Waals surface area contributed by atoms with Gasteiger partial charge in [-0.05, 0) is 49.9 Å². The van der Waals surface area contributed by atoms with Crippen molar-refractivity contribution in [3.05, 3.63) is 28.8 Å². The van der Waals surface area contributed by atoms with Crippen LogP contribution in [0.15, 0.2) is 12.1 Å². The second kappa shape index (κ2) is 5.41. The Balaban J connectivity index is 2.88. The molecule has 0 saturated heterocycles. The van der Waals surface area contributed by atoms with Crippen molar-refractivity contribution in [3.8, 4) is 0 Å². The fourth-order valence-electron chi connectivity index (χ4n) is 1.77. The molecule has 84 valence electrons. The first-order valence-corrected chi connectivity index (χ1v) is 5.94. The topological polar surface area (TPSA) is 3.24 Å². The average Bonchev–Trinajstić information content (AvgIpc) is 2.20. The van der Waals surface area contributed by atoms with Crippen molar-refractivity contribution >= 4 is 17.3 Å². The van der Waals surface area contributed by atoms with Crippen LogP contribution in [0.1, 0.15) is 23.1 Å². The number of rotatable bonds is 4. The number of hydrogen-bond donors (Lipinski definition) is 0. The Bertz CT molecular complexity index is 334. The zero-order valence-corrected chi connectivity index (χ0v) is 10.9. The molecule has 0 amide bonds. The highest BCUT2D eigenvalue weighted by atomic mass is 35.5. The number of alkyl halides is 1. The van der Waals surface area contributed by atoms with Gasteiger partial charge in [-0.15, -0.1) is 11.6 Å². The Labute approximate surface area is 98.0 Å². The van der Waals surface area contributed by atoms with Gasteiger partial charge in [-0.2, -0.15) is 0 Å². The van der Waals surface area contributed by atoms with E-state index in [1.165, 1.54) is 22.4 Å². The number of benzene rings is 1. The van der Waals surface area contributed by atoms with E-state index >= 15 is 0 Å². The molecule has 1 rings (SSSR count). The highest BCUT2D eigenvalue weighted by Gasteiger charge is 2.06. The molecule has 1 aromatic rings. The van der Waals surface area contributed by atoms with Crippen LogP contribution in [0.4, 0.5) is 5.69 Å². The van der Waals surface area contributed by atoms with Crippen LogP contribution < -0.4 is 4.90 Å². The minimum Gasteiger partial charge on any atom is -0.374 e. The number of halogens is 1. The van der Waals surface area contributed by atoms with Gasteiger partial charge in [0.05, 0.1) is 0 Å². The third kappa shape index (κ3) is 3.13. The van der Waals surface area contributed by atoms with E-state index in [1.807, 2.05) is 0 Å². The summed E-state index contributed by atoms with van der Waals surface area (Å²) in [5.74, 6) is 0.730. The molecule has 0 heterocycles. The zero-order valence-electron chi connectivity index (χ0n) is 10.1. The van der Waals surface area contributed by atoms with Gasteiger partial charge in [0.1, 0.15) is 0 Å². The summed E-state index contributed by atoms with van der Waals surface area (Å²) in [6.45, 7) is 7.50. The molecule has 0 atom stereocenters. The number of anilines is 1. The van der Waals surface area contributed by atoms with Crippen LogP contribution in [0.3, 0.4) is 0 Å². The van der Waals surface area contributed by atoms with E-state index in [1.54, 1.807) is 0 Å². The summed E-state index contributed by atoms with van der Waals surface area (Å²) in [4.78, 5) is 2.28. The summed E-state index contributed by atoms with van der Waals surface area (Å²) in [5, 5.41) is 0. The first kappa shape index (κ1) is 12.4. The lowest BCUT2D eigenvalue weighted by atomic mass is 10.0. The first-order chi connectivity index (χ1) is 7.06. The molecule has 0 bridgehead atoms. The predicted octanol–water partition coefficient (Wildman–Crippen LogP) is 3.68. The Kier molecular flexibility index (Phi) is 4.46. The second-order valence-corrected chi connectivity index (χ2v) is 4.57. The van der Waals surface area contributed by atoms with Gasteiger partial charge in [0, 0.05) is 25.2 Å². The van der Waals surface area contributed by atoms with Gasteiger partial charge in [0.2, 0.25) is 0 Å². The fraction of sp³-hybridized carbons (Fsp3) is 0.538. The minimum atomic E-state index is 0.730. The Morgan fingerprint density at radius 1 is 1.07 bits per heavy atom. The third-order valence-corrected chi connectivity index (χ3v) is 3.12. The summed E-state index contributed by atoms with van der Waals surface area (Å²) in [7, 11) is 2.13. The highest BCUT2D eigenvalue weighted by Crippen LogP contribution is 2.23. The molecule has 0 N–H and O–H groups in total. The largest absolute Gasteiger partial charge is 0.374 e. The van der Waals surface area contributed by atoms with Gasteiger partial charge in [-0.1, -0.05) is 6.07 Å². The number of hydrogen-bond acceptors (Lipinski definition) is 1. The fourth-order valence-corrected chi connectivity index (χ4v) is 1.89. The Morgan fingerprint density at radius 2 is 1.67 bits per heavy atom. The number of aryl methyl sites for hydroxylation is 3. The van der Waals surface area contributed by atoms with Crippen LogP contribution in [0.5, 0.6) is 0 Å². The molecular weight excluding hydrogens is 206 g/mol. The van der Waals surface area contributed by atoms with E-state index in [0.717, 1.165) is 18.8 Å². The SMILES string of the molecule is Cc1cc(C)c(N(C)CCCCl)cc1C. The normalized spacial score (nSPS) is 10.5. The maximum Gasteiger partial charge on any atom is 0.0396 e. The van der Waals surface area contributed by atoms with E-state index in [-0.39, 0.29) is 0 Å². The molecule has 0 saturated carbocycles. The molecule has 1 nitrogen and oxygen atoms in total. The lowest BCUT2D eigenvalue weighted by molar-refractivity contribution is 0.852. The maximum atomic E-state index is 5.70. The van der Waals surface area contributed by atoms with Gasteiger partial charge in [-0.3, -0.25) is 0 Å². The molecule has 0 aromatic heterocycles. The van der Waals surface area contributed by atoms with Crippen molar-refractivity contribution in [2.45, 2.75) is 27.2 Å². The monoisotopic (exact) mass is 225 g/mol. The smallest absolute Gasteiger partial charge is 0.0396 e. The third-order valence-electron chi connectivity index (χ3n) is 2.85. The zero-order chi connectivity index (χ0) is 11.4. The van der Waals surface area contributed by atoms with Crippen LogP contribution in [0.2, 0.25) is 0 Å². The van der Waals surface area contributed by atoms with Crippen molar-refractivity contribution in [1.29, 1.82) is 0 Å². The van der Waals surface area contributed by atoms with E-state index in [4.69, 9.17) is 11.6 Å². The summed E-state index contributed by atoms with van der Waals surface area (Å²) >= 11 is 5.70. The molecule has 2 heteroatoms. The predicted molar refractivity (Wildman–Crippen MR) is 69.3 cm³/mol. The summed E-state index contributed by atoms with van der Waals surface area (Å²) in [6, 6.07) is 4.51. The van der Waals surface area contributed by atoms with Gasteiger partial charge in [-0.25, -0.2) is 0 Å². The van der Waals surface area contributed by atoms with Crippen LogP contribution in [-0.4, -0.2) is 19.5 Å². The van der Waals surface area contributed by atoms with Crippen LogP contribution in [-0.2, 0) is 0 Å². The second-order valence-electron chi connectivity index (χ2n) is 4.19. The maximum absolute atomic E-state index is 5.70. The van der Waals surface area contributed by atoms with Gasteiger partial charge in [0.25, 0.3) is 0 Å². The van der Waals surface area contributed by atoms with E-state index < -0.39 is 0 Å². The molecule has 1 aromatic carbocycles. The summed E-state index contributed by atoms with van der Waals surface area (Å²) < 4.78 is 0. The first-order valence-electron chi connectivity index (χ1n) is 5.41. The van der Waals surface area contributed by atoms with Gasteiger partial charge < -0.3 is 4.90 Å². The van der Waals surface area contributed by atoms with E-state index in [9.17, 15) is 0 Å². The number of nitrogens with zero attached hydrogens (tertiary/aromatic N) is 1. The summed E-state index contributed by atoms with van der Waals surface area (Å²) in [5.41, 5.74) is 5.38. The Morgan fingerprint density at radius 3 is 2.27 bits per heavy atom. The molecule has 0 fully saturated rings. The van der Waals surface area contributed by atoms with E-state index in [2.05, 4.69) is 44.9 Å². The standard InChI is InChI=1S/C13H20ClN/c1-10-8-12(3)13(9-11(10)2)15(4)7-5-6-14/h8-9H,5-7H2,1-4H3. The minimum absolute atomic E-state index is 0.730. The average molecular weight is 226 g/mol. The molecular formula is C13H20ClN. The molecule has 0 aliphatic carbocycles. The molecule has 0 unspecified atom stereocenters. The van der Waals surface area contributed by atoms with Gasteiger partial charge >= 0.3 is 0 Å². The van der Waals surface area contributed by atoms with Crippen molar-refractivity contribution in [3.63, 3.8) is 0 Å². The van der Waals surface area contributed by atoms with Crippen molar-refractivity contribution in [1.82, 2.24) is 0 Å². The van der Waals surface area contributed by atoms with E-state index in [0.29, 0.717) is 0 Å². The Hall–Kier alpha value is -0.690. The van der Waals surface area contributed by atoms with Crippen molar-refractivity contribution in [2.24, 2.45) is 0 Å².